The van der Waals surface area contributed by atoms with E-state index in [9.17, 15) is 21.6 Å². The van der Waals surface area contributed by atoms with Crippen molar-refractivity contribution >= 4 is 43.2 Å². The minimum absolute atomic E-state index is 0.0225. The van der Waals surface area contributed by atoms with Gasteiger partial charge in [-0.2, -0.15) is 9.40 Å². The van der Waals surface area contributed by atoms with Gasteiger partial charge in [-0.05, 0) is 37.6 Å². The second kappa shape index (κ2) is 8.05. The maximum absolute atomic E-state index is 12.6. The van der Waals surface area contributed by atoms with Gasteiger partial charge in [0.2, 0.25) is 15.9 Å². The highest BCUT2D eigenvalue weighted by Gasteiger charge is 2.31. The SMILES string of the molecule is Cc1cc(NC(=O)CN(C)S(=O)(=O)c2ccc(Cl)cc2)n(C2CCS(=O)(=O)C2)n1. The molecule has 1 atom stereocenters. The minimum atomic E-state index is -3.87. The van der Waals surface area contributed by atoms with Crippen LogP contribution < -0.4 is 5.32 Å². The van der Waals surface area contributed by atoms with Crippen LogP contribution in [-0.2, 0) is 24.7 Å². The lowest BCUT2D eigenvalue weighted by molar-refractivity contribution is -0.116. The van der Waals surface area contributed by atoms with Crippen molar-refractivity contribution in [2.75, 3.05) is 30.4 Å². The van der Waals surface area contributed by atoms with Crippen LogP contribution in [0.4, 0.5) is 5.82 Å². The van der Waals surface area contributed by atoms with Crippen LogP contribution in [0.3, 0.4) is 0 Å². The fourth-order valence-corrected chi connectivity index (χ4v) is 6.06. The molecule has 0 bridgehead atoms. The molecule has 158 valence electrons. The van der Waals surface area contributed by atoms with E-state index in [2.05, 4.69) is 10.4 Å². The van der Waals surface area contributed by atoms with Crippen LogP contribution >= 0.6 is 11.6 Å². The van der Waals surface area contributed by atoms with Gasteiger partial charge < -0.3 is 5.32 Å². The maximum atomic E-state index is 12.6. The number of carbonyl (C=O) groups excluding carboxylic acids is 1. The van der Waals surface area contributed by atoms with Gasteiger partial charge in [-0.3, -0.25) is 4.79 Å². The van der Waals surface area contributed by atoms with Crippen molar-refractivity contribution in [1.29, 1.82) is 0 Å². The number of hydrogen-bond acceptors (Lipinski definition) is 6. The minimum Gasteiger partial charge on any atom is -0.310 e. The number of aromatic nitrogens is 2. The highest BCUT2D eigenvalue weighted by atomic mass is 35.5. The molecule has 1 fully saturated rings. The van der Waals surface area contributed by atoms with Gasteiger partial charge in [-0.25, -0.2) is 21.5 Å². The number of aryl methyl sites for hydroxylation is 1. The summed E-state index contributed by atoms with van der Waals surface area (Å²) >= 11 is 5.79. The molecule has 1 aromatic heterocycles. The largest absolute Gasteiger partial charge is 0.310 e. The van der Waals surface area contributed by atoms with Crippen LogP contribution in [0.2, 0.25) is 5.02 Å². The number of likely N-dealkylation sites (N-methyl/N-ethyl adjacent to an activating group) is 1. The molecule has 29 heavy (non-hydrogen) atoms. The predicted octanol–water partition coefficient (Wildman–Crippen LogP) is 1.46. The summed E-state index contributed by atoms with van der Waals surface area (Å²) < 4.78 is 51.1. The summed E-state index contributed by atoms with van der Waals surface area (Å²) in [4.78, 5) is 12.5. The zero-order chi connectivity index (χ0) is 21.4. The van der Waals surface area contributed by atoms with E-state index in [1.54, 1.807) is 13.0 Å². The molecule has 1 amide bonds. The first-order valence-corrected chi connectivity index (χ1v) is 12.4. The Bertz CT molecular complexity index is 1130. The second-order valence-electron chi connectivity index (χ2n) is 6.94. The summed E-state index contributed by atoms with van der Waals surface area (Å²) in [5, 5.41) is 7.33. The molecule has 0 saturated carbocycles. The Morgan fingerprint density at radius 3 is 2.59 bits per heavy atom. The predicted molar refractivity (Wildman–Crippen MR) is 109 cm³/mol. The van der Waals surface area contributed by atoms with E-state index in [0.717, 1.165) is 4.31 Å². The van der Waals surface area contributed by atoms with Crippen LogP contribution in [0.5, 0.6) is 0 Å². The van der Waals surface area contributed by atoms with Gasteiger partial charge >= 0.3 is 0 Å². The molecule has 1 aromatic carbocycles. The quantitative estimate of drug-likeness (QED) is 0.697. The molecule has 1 saturated heterocycles. The number of sulfone groups is 1. The summed E-state index contributed by atoms with van der Waals surface area (Å²) in [6.07, 6.45) is 0.414. The van der Waals surface area contributed by atoms with Crippen molar-refractivity contribution in [1.82, 2.24) is 14.1 Å². The van der Waals surface area contributed by atoms with Gasteiger partial charge in [0.05, 0.1) is 34.7 Å². The molecule has 0 radical (unpaired) electrons. The number of hydrogen-bond donors (Lipinski definition) is 1. The lowest BCUT2D eigenvalue weighted by Crippen LogP contribution is -2.35. The molecule has 1 aliphatic heterocycles. The number of benzene rings is 1. The molecule has 9 nitrogen and oxygen atoms in total. The highest BCUT2D eigenvalue weighted by molar-refractivity contribution is 7.91. The average Bonchev–Trinajstić information content (AvgIpc) is 3.16. The molecule has 1 aliphatic rings. The van der Waals surface area contributed by atoms with E-state index in [0.29, 0.717) is 23.0 Å². The second-order valence-corrected chi connectivity index (χ2v) is 11.6. The fraction of sp³-hybridized carbons (Fsp3) is 0.412. The van der Waals surface area contributed by atoms with Crippen molar-refractivity contribution in [3.05, 3.63) is 41.0 Å². The summed E-state index contributed by atoms with van der Waals surface area (Å²) in [7, 11) is -5.69. The third-order valence-electron chi connectivity index (χ3n) is 4.57. The molecule has 12 heteroatoms. The van der Waals surface area contributed by atoms with Crippen LogP contribution in [0, 0.1) is 6.92 Å². The van der Waals surface area contributed by atoms with Gasteiger partial charge in [0.15, 0.2) is 9.84 Å². The summed E-state index contributed by atoms with van der Waals surface area (Å²) in [6.45, 7) is 1.31. The average molecular weight is 461 g/mol. The van der Waals surface area contributed by atoms with Gasteiger partial charge in [0.25, 0.3) is 0 Å². The Morgan fingerprint density at radius 2 is 2.00 bits per heavy atom. The number of sulfonamides is 1. The first kappa shape index (κ1) is 21.8. The maximum Gasteiger partial charge on any atom is 0.243 e. The van der Waals surface area contributed by atoms with Gasteiger partial charge in [0.1, 0.15) is 5.82 Å². The molecule has 1 N–H and O–H groups in total. The van der Waals surface area contributed by atoms with E-state index >= 15 is 0 Å². The number of amides is 1. The van der Waals surface area contributed by atoms with E-state index in [1.807, 2.05) is 0 Å². The van der Waals surface area contributed by atoms with Crippen molar-refractivity contribution in [2.24, 2.45) is 0 Å². The van der Waals surface area contributed by atoms with E-state index in [4.69, 9.17) is 11.6 Å². The zero-order valence-corrected chi connectivity index (χ0v) is 18.3. The van der Waals surface area contributed by atoms with Crippen molar-refractivity contribution in [3.63, 3.8) is 0 Å². The summed E-state index contributed by atoms with van der Waals surface area (Å²) in [6, 6.07) is 6.91. The molecular weight excluding hydrogens is 440 g/mol. The highest BCUT2D eigenvalue weighted by Crippen LogP contribution is 2.27. The fourth-order valence-electron chi connectivity index (χ4n) is 3.11. The topological polar surface area (TPSA) is 118 Å². The third-order valence-corrected chi connectivity index (χ3v) is 8.39. The van der Waals surface area contributed by atoms with E-state index in [-0.39, 0.29) is 22.4 Å². The van der Waals surface area contributed by atoms with Crippen molar-refractivity contribution < 1.29 is 21.6 Å². The van der Waals surface area contributed by atoms with Crippen molar-refractivity contribution in [3.8, 4) is 0 Å². The monoisotopic (exact) mass is 460 g/mol. The Labute approximate surface area is 174 Å². The van der Waals surface area contributed by atoms with E-state index in [1.165, 1.54) is 36.0 Å². The summed E-state index contributed by atoms with van der Waals surface area (Å²) in [5.74, 6) is -0.188. The van der Waals surface area contributed by atoms with Crippen LogP contribution in [0.25, 0.3) is 0 Å². The normalized spacial score (nSPS) is 18.8. The molecule has 2 aromatic rings. The molecule has 1 unspecified atom stereocenters. The molecular formula is C17H21ClN4O5S2. The van der Waals surface area contributed by atoms with Crippen LogP contribution in [0.15, 0.2) is 35.2 Å². The standard InChI is InChI=1S/C17H21ClN4O5S2/c1-12-9-16(22(20-12)14-7-8-28(24,25)11-14)19-17(23)10-21(2)29(26,27)15-5-3-13(18)4-6-15/h3-6,9,14H,7-8,10-11H2,1-2H3,(H,19,23). The Kier molecular flexibility index (Phi) is 6.04. The third kappa shape index (κ3) is 4.97. The van der Waals surface area contributed by atoms with Gasteiger partial charge in [-0.1, -0.05) is 11.6 Å². The van der Waals surface area contributed by atoms with E-state index < -0.39 is 32.3 Å². The van der Waals surface area contributed by atoms with Crippen LogP contribution in [-0.4, -0.2) is 61.9 Å². The van der Waals surface area contributed by atoms with Gasteiger partial charge in [-0.15, -0.1) is 0 Å². The Balaban J connectivity index is 1.72. The molecule has 3 rings (SSSR count). The molecule has 0 aliphatic carbocycles. The molecule has 2 heterocycles. The lowest BCUT2D eigenvalue weighted by Gasteiger charge is -2.18. The Hall–Kier alpha value is -1.95. The Morgan fingerprint density at radius 1 is 1.34 bits per heavy atom. The smallest absolute Gasteiger partial charge is 0.243 e. The zero-order valence-electron chi connectivity index (χ0n) is 15.9. The van der Waals surface area contributed by atoms with Crippen LogP contribution in [0.1, 0.15) is 18.2 Å². The first-order chi connectivity index (χ1) is 13.5. The number of rotatable bonds is 6. The number of nitrogens with zero attached hydrogens (tertiary/aromatic N) is 3. The number of carbonyl (C=O) groups is 1. The van der Waals surface area contributed by atoms with Gasteiger partial charge in [0, 0.05) is 18.1 Å². The molecule has 0 spiro atoms. The summed E-state index contributed by atoms with van der Waals surface area (Å²) in [5.41, 5.74) is 0.617. The van der Waals surface area contributed by atoms with Crippen molar-refractivity contribution in [2.45, 2.75) is 24.3 Å². The number of anilines is 1. The number of halogens is 1. The number of nitrogens with one attached hydrogen (secondary N) is 1. The lowest BCUT2D eigenvalue weighted by atomic mass is 10.3. The first-order valence-electron chi connectivity index (χ1n) is 8.76.